The predicted octanol–water partition coefficient (Wildman–Crippen LogP) is 1.81. The van der Waals surface area contributed by atoms with Crippen LogP contribution < -0.4 is 4.74 Å². The Morgan fingerprint density at radius 3 is 2.25 bits per heavy atom. The molecule has 0 aromatic heterocycles. The Morgan fingerprint density at radius 1 is 1.08 bits per heavy atom. The number of benzene rings is 1. The fourth-order valence-corrected chi connectivity index (χ4v) is 3.94. The highest BCUT2D eigenvalue weighted by molar-refractivity contribution is 7.89. The topological polar surface area (TPSA) is 66.9 Å². The van der Waals surface area contributed by atoms with E-state index in [0.717, 1.165) is 16.9 Å². The van der Waals surface area contributed by atoms with Crippen molar-refractivity contribution in [2.24, 2.45) is 0 Å². The van der Waals surface area contributed by atoms with E-state index >= 15 is 0 Å². The van der Waals surface area contributed by atoms with E-state index in [1.165, 1.54) is 4.31 Å². The molecule has 1 fully saturated rings. The zero-order chi connectivity index (χ0) is 17.9. The molecular weight excluding hydrogens is 328 g/mol. The van der Waals surface area contributed by atoms with E-state index in [9.17, 15) is 13.2 Å². The zero-order valence-corrected chi connectivity index (χ0v) is 15.6. The Hall–Kier alpha value is -1.60. The van der Waals surface area contributed by atoms with Gasteiger partial charge in [0.15, 0.2) is 0 Å². The summed E-state index contributed by atoms with van der Waals surface area (Å²) in [5.74, 6) is 0.843. The second kappa shape index (κ2) is 7.53. The Balaban J connectivity index is 2.12. The molecule has 0 aliphatic carbocycles. The molecule has 0 atom stereocenters. The molecule has 0 bridgehead atoms. The molecule has 0 N–H and O–H groups in total. The minimum absolute atomic E-state index is 0.0489. The maximum atomic E-state index is 12.8. The largest absolute Gasteiger partial charge is 0.494 e. The predicted molar refractivity (Wildman–Crippen MR) is 94.0 cm³/mol. The zero-order valence-electron chi connectivity index (χ0n) is 14.8. The SMILES string of the molecule is CCOc1cc(C)c(C(=O)N2CCN(S(=O)(=O)CC)CC2)cc1C. The Labute approximate surface area is 144 Å². The summed E-state index contributed by atoms with van der Waals surface area (Å²) < 4.78 is 30.8. The molecule has 24 heavy (non-hydrogen) atoms. The van der Waals surface area contributed by atoms with Gasteiger partial charge in [-0.25, -0.2) is 8.42 Å². The third-order valence-electron chi connectivity index (χ3n) is 4.34. The van der Waals surface area contributed by atoms with E-state index in [2.05, 4.69) is 0 Å². The number of hydrogen-bond acceptors (Lipinski definition) is 4. The van der Waals surface area contributed by atoms with Crippen LogP contribution in [0.3, 0.4) is 0 Å². The van der Waals surface area contributed by atoms with Crippen molar-refractivity contribution in [1.82, 2.24) is 9.21 Å². The van der Waals surface area contributed by atoms with E-state index < -0.39 is 10.0 Å². The van der Waals surface area contributed by atoms with Crippen LogP contribution in [-0.4, -0.2) is 62.1 Å². The van der Waals surface area contributed by atoms with E-state index in [1.54, 1.807) is 11.8 Å². The summed E-state index contributed by atoms with van der Waals surface area (Å²) in [6.45, 7) is 9.53. The lowest BCUT2D eigenvalue weighted by molar-refractivity contribution is 0.0697. The van der Waals surface area contributed by atoms with Gasteiger partial charge in [-0.05, 0) is 51.0 Å². The Bertz CT molecular complexity index is 708. The number of rotatable bonds is 5. The molecule has 1 heterocycles. The molecular formula is C17H26N2O4S. The smallest absolute Gasteiger partial charge is 0.254 e. The third kappa shape index (κ3) is 3.89. The Morgan fingerprint density at radius 2 is 1.71 bits per heavy atom. The Kier molecular flexibility index (Phi) is 5.87. The molecule has 1 aromatic rings. The van der Waals surface area contributed by atoms with Crippen molar-refractivity contribution in [2.75, 3.05) is 38.5 Å². The molecule has 134 valence electrons. The van der Waals surface area contributed by atoms with Gasteiger partial charge in [0, 0.05) is 31.7 Å². The number of amides is 1. The standard InChI is InChI=1S/C17H26N2O4S/c1-5-23-16-12-13(3)15(11-14(16)4)17(20)18-7-9-19(10-8-18)24(21,22)6-2/h11-12H,5-10H2,1-4H3. The molecule has 0 radical (unpaired) electrons. The lowest BCUT2D eigenvalue weighted by atomic mass is 10.0. The van der Waals surface area contributed by atoms with Gasteiger partial charge in [-0.1, -0.05) is 0 Å². The second-order valence-corrected chi connectivity index (χ2v) is 8.22. The molecule has 1 aliphatic heterocycles. The summed E-state index contributed by atoms with van der Waals surface area (Å²) in [6, 6.07) is 3.75. The van der Waals surface area contributed by atoms with Crippen LogP contribution in [-0.2, 0) is 10.0 Å². The first kappa shape index (κ1) is 18.7. The van der Waals surface area contributed by atoms with Gasteiger partial charge in [-0.15, -0.1) is 0 Å². The lowest BCUT2D eigenvalue weighted by Crippen LogP contribution is -2.51. The number of ether oxygens (including phenoxy) is 1. The van der Waals surface area contributed by atoms with Crippen LogP contribution in [0.2, 0.25) is 0 Å². The van der Waals surface area contributed by atoms with E-state index in [-0.39, 0.29) is 11.7 Å². The molecule has 7 heteroatoms. The van der Waals surface area contributed by atoms with Crippen LogP contribution >= 0.6 is 0 Å². The number of piperazine rings is 1. The lowest BCUT2D eigenvalue weighted by Gasteiger charge is -2.34. The third-order valence-corrected chi connectivity index (χ3v) is 6.22. The number of hydrogen-bond donors (Lipinski definition) is 0. The van der Waals surface area contributed by atoms with Crippen LogP contribution in [0, 0.1) is 13.8 Å². The molecule has 1 aromatic carbocycles. The summed E-state index contributed by atoms with van der Waals surface area (Å²) in [5.41, 5.74) is 2.46. The monoisotopic (exact) mass is 354 g/mol. The summed E-state index contributed by atoms with van der Waals surface area (Å²) in [4.78, 5) is 14.5. The van der Waals surface area contributed by atoms with Gasteiger partial charge in [-0.2, -0.15) is 4.31 Å². The minimum Gasteiger partial charge on any atom is -0.494 e. The van der Waals surface area contributed by atoms with Gasteiger partial charge in [0.1, 0.15) is 5.75 Å². The highest BCUT2D eigenvalue weighted by atomic mass is 32.2. The quantitative estimate of drug-likeness (QED) is 0.809. The number of carbonyl (C=O) groups is 1. The van der Waals surface area contributed by atoms with Gasteiger partial charge in [0.2, 0.25) is 10.0 Å². The van der Waals surface area contributed by atoms with Gasteiger partial charge >= 0.3 is 0 Å². The average molecular weight is 354 g/mol. The van der Waals surface area contributed by atoms with Crippen LogP contribution in [0.15, 0.2) is 12.1 Å². The van der Waals surface area contributed by atoms with Crippen LogP contribution in [0.1, 0.15) is 35.3 Å². The molecule has 1 aliphatic rings. The molecule has 0 unspecified atom stereocenters. The molecule has 1 saturated heterocycles. The van der Waals surface area contributed by atoms with Gasteiger partial charge in [-0.3, -0.25) is 4.79 Å². The summed E-state index contributed by atoms with van der Waals surface area (Å²) in [6.07, 6.45) is 0. The number of nitrogens with zero attached hydrogens (tertiary/aromatic N) is 2. The van der Waals surface area contributed by atoms with Crippen LogP contribution in [0.25, 0.3) is 0 Å². The normalized spacial score (nSPS) is 16.2. The maximum Gasteiger partial charge on any atom is 0.254 e. The van der Waals surface area contributed by atoms with Crippen LogP contribution in [0.4, 0.5) is 0 Å². The minimum atomic E-state index is -3.18. The molecule has 0 spiro atoms. The molecule has 0 saturated carbocycles. The van der Waals surface area contributed by atoms with Crippen molar-refractivity contribution in [1.29, 1.82) is 0 Å². The van der Waals surface area contributed by atoms with Crippen molar-refractivity contribution in [3.8, 4) is 5.75 Å². The summed E-state index contributed by atoms with van der Waals surface area (Å²) in [7, 11) is -3.18. The second-order valence-electron chi connectivity index (χ2n) is 5.96. The van der Waals surface area contributed by atoms with Crippen LogP contribution in [0.5, 0.6) is 5.75 Å². The number of aryl methyl sites for hydroxylation is 2. The van der Waals surface area contributed by atoms with Gasteiger partial charge in [0.25, 0.3) is 5.91 Å². The van der Waals surface area contributed by atoms with E-state index in [4.69, 9.17) is 4.74 Å². The summed E-state index contributed by atoms with van der Waals surface area (Å²) in [5, 5.41) is 0. The maximum absolute atomic E-state index is 12.8. The van der Waals surface area contributed by atoms with Crippen molar-refractivity contribution >= 4 is 15.9 Å². The molecule has 2 rings (SSSR count). The van der Waals surface area contributed by atoms with Gasteiger partial charge < -0.3 is 9.64 Å². The van der Waals surface area contributed by atoms with Gasteiger partial charge in [0.05, 0.1) is 12.4 Å². The molecule has 1 amide bonds. The first-order valence-corrected chi connectivity index (χ1v) is 9.92. The highest BCUT2D eigenvalue weighted by Crippen LogP contribution is 2.24. The highest BCUT2D eigenvalue weighted by Gasteiger charge is 2.28. The first-order chi connectivity index (χ1) is 11.3. The van der Waals surface area contributed by atoms with Crippen molar-refractivity contribution < 1.29 is 17.9 Å². The molecule has 6 nitrogen and oxygen atoms in total. The average Bonchev–Trinajstić information content (AvgIpc) is 2.57. The van der Waals surface area contributed by atoms with E-state index in [0.29, 0.717) is 38.3 Å². The number of carbonyl (C=O) groups excluding carboxylic acids is 1. The first-order valence-electron chi connectivity index (χ1n) is 8.31. The summed E-state index contributed by atoms with van der Waals surface area (Å²) >= 11 is 0. The fourth-order valence-electron chi connectivity index (χ4n) is 2.85. The van der Waals surface area contributed by atoms with Crippen molar-refractivity contribution in [3.63, 3.8) is 0 Å². The van der Waals surface area contributed by atoms with Crippen molar-refractivity contribution in [3.05, 3.63) is 28.8 Å². The van der Waals surface area contributed by atoms with Crippen molar-refractivity contribution in [2.45, 2.75) is 27.7 Å². The fraction of sp³-hybridized carbons (Fsp3) is 0.588. The van der Waals surface area contributed by atoms with E-state index in [1.807, 2.05) is 32.9 Å². The number of sulfonamides is 1.